The van der Waals surface area contributed by atoms with Crippen LogP contribution in [0.3, 0.4) is 0 Å². The van der Waals surface area contributed by atoms with E-state index in [4.69, 9.17) is 4.98 Å². The van der Waals surface area contributed by atoms with E-state index in [1.165, 1.54) is 6.07 Å². The first-order chi connectivity index (χ1) is 13.6. The molecule has 0 aliphatic carbocycles. The Balaban J connectivity index is 1.43. The lowest BCUT2D eigenvalue weighted by Gasteiger charge is -2.34. The molecule has 0 unspecified atom stereocenters. The van der Waals surface area contributed by atoms with Gasteiger partial charge in [-0.2, -0.15) is 0 Å². The minimum Gasteiger partial charge on any atom is -0.345 e. The van der Waals surface area contributed by atoms with Crippen LogP contribution in [0.15, 0.2) is 41.3 Å². The average molecular weight is 421 g/mol. The molecule has 0 bridgehead atoms. The third kappa shape index (κ3) is 3.64. The largest absolute Gasteiger partial charge is 0.345 e. The summed E-state index contributed by atoms with van der Waals surface area (Å²) in [6.07, 6.45) is 2.03. The zero-order chi connectivity index (χ0) is 19.7. The maximum atomic E-state index is 13.7. The van der Waals surface area contributed by atoms with Crippen LogP contribution in [-0.2, 0) is 0 Å². The number of thioether (sulfide) groups is 1. The van der Waals surface area contributed by atoms with E-state index in [9.17, 15) is 13.6 Å². The summed E-state index contributed by atoms with van der Waals surface area (Å²) in [5.74, 6) is -1.57. The van der Waals surface area contributed by atoms with Crippen molar-refractivity contribution in [3.8, 4) is 0 Å². The molecule has 0 spiro atoms. The van der Waals surface area contributed by atoms with E-state index < -0.39 is 23.4 Å². The van der Waals surface area contributed by atoms with Gasteiger partial charge in [0.15, 0.2) is 5.13 Å². The maximum Gasteiger partial charge on any atom is 0.322 e. The number of nitrogens with one attached hydrogen (secondary N) is 1. The molecule has 9 heteroatoms. The number of thiazole rings is 1. The highest BCUT2D eigenvalue weighted by Gasteiger charge is 2.24. The molecular formula is C19H18F2N4OS2. The van der Waals surface area contributed by atoms with Crippen molar-refractivity contribution in [2.24, 2.45) is 0 Å². The highest BCUT2D eigenvalue weighted by molar-refractivity contribution is 7.98. The number of anilines is 2. The van der Waals surface area contributed by atoms with Crippen LogP contribution >= 0.6 is 23.1 Å². The second kappa shape index (κ2) is 7.92. The first-order valence-electron chi connectivity index (χ1n) is 8.75. The molecule has 1 fully saturated rings. The number of benzene rings is 2. The molecule has 2 aromatic carbocycles. The van der Waals surface area contributed by atoms with E-state index >= 15 is 0 Å². The summed E-state index contributed by atoms with van der Waals surface area (Å²) in [6, 6.07) is 9.14. The highest BCUT2D eigenvalue weighted by atomic mass is 32.2. The minimum atomic E-state index is -0.786. The quantitative estimate of drug-likeness (QED) is 0.627. The summed E-state index contributed by atoms with van der Waals surface area (Å²) in [6.45, 7) is 2.13. The number of hydrogen-bond donors (Lipinski definition) is 1. The van der Waals surface area contributed by atoms with Crippen LogP contribution < -0.4 is 10.2 Å². The number of carbonyl (C=O) groups is 1. The van der Waals surface area contributed by atoms with Crippen molar-refractivity contribution in [2.45, 2.75) is 4.90 Å². The van der Waals surface area contributed by atoms with E-state index in [1.54, 1.807) is 28.0 Å². The predicted molar refractivity (Wildman–Crippen MR) is 111 cm³/mol. The number of carbonyl (C=O) groups excluding carboxylic acids is 1. The van der Waals surface area contributed by atoms with Gasteiger partial charge in [0, 0.05) is 31.1 Å². The second-order valence-corrected chi connectivity index (χ2v) is 8.16. The number of para-hydroxylation sites is 2. The SMILES string of the molecule is CSc1cccc2sc(N3CCN(C(=O)Nc4c(F)cccc4F)CC3)nc12. The minimum absolute atomic E-state index is 0.411. The van der Waals surface area contributed by atoms with Crippen LogP contribution in [0.5, 0.6) is 0 Å². The smallest absolute Gasteiger partial charge is 0.322 e. The molecule has 1 aromatic heterocycles. The summed E-state index contributed by atoms with van der Waals surface area (Å²) < 4.78 is 28.6. The van der Waals surface area contributed by atoms with E-state index in [1.807, 2.05) is 12.3 Å². The third-order valence-electron chi connectivity index (χ3n) is 4.62. The van der Waals surface area contributed by atoms with Gasteiger partial charge in [-0.1, -0.05) is 23.5 Å². The Labute approximate surface area is 169 Å². The Morgan fingerprint density at radius 3 is 2.46 bits per heavy atom. The number of amides is 2. The number of fused-ring (bicyclic) bond motifs is 1. The van der Waals surface area contributed by atoms with Crippen molar-refractivity contribution >= 4 is 50.2 Å². The van der Waals surface area contributed by atoms with Gasteiger partial charge in [-0.25, -0.2) is 18.6 Å². The molecule has 28 heavy (non-hydrogen) atoms. The fourth-order valence-electron chi connectivity index (χ4n) is 3.12. The molecule has 5 nitrogen and oxygen atoms in total. The van der Waals surface area contributed by atoms with Gasteiger partial charge in [0.1, 0.15) is 17.3 Å². The van der Waals surface area contributed by atoms with Crippen LogP contribution in [0.4, 0.5) is 24.4 Å². The van der Waals surface area contributed by atoms with Crippen LogP contribution in [0.2, 0.25) is 0 Å². The summed E-state index contributed by atoms with van der Waals surface area (Å²) >= 11 is 3.30. The lowest BCUT2D eigenvalue weighted by molar-refractivity contribution is 0.208. The van der Waals surface area contributed by atoms with Crippen LogP contribution in [0, 0.1) is 11.6 Å². The molecule has 0 radical (unpaired) electrons. The van der Waals surface area contributed by atoms with Crippen molar-refractivity contribution in [1.82, 2.24) is 9.88 Å². The number of urea groups is 1. The van der Waals surface area contributed by atoms with E-state index in [0.29, 0.717) is 26.2 Å². The molecule has 3 aromatic rings. The van der Waals surface area contributed by atoms with Crippen molar-refractivity contribution in [2.75, 3.05) is 42.7 Å². The molecular weight excluding hydrogens is 402 g/mol. The monoisotopic (exact) mass is 420 g/mol. The first kappa shape index (κ1) is 18.9. The summed E-state index contributed by atoms with van der Waals surface area (Å²) in [4.78, 5) is 22.0. The summed E-state index contributed by atoms with van der Waals surface area (Å²) in [5.41, 5.74) is 0.593. The molecule has 146 valence electrons. The number of piperazine rings is 1. The van der Waals surface area contributed by atoms with Crippen LogP contribution in [0.1, 0.15) is 0 Å². The average Bonchev–Trinajstić information content (AvgIpc) is 3.15. The predicted octanol–water partition coefficient (Wildman–Crippen LogP) is 4.65. The van der Waals surface area contributed by atoms with Crippen molar-refractivity contribution in [3.05, 3.63) is 48.0 Å². The first-order valence-corrected chi connectivity index (χ1v) is 10.8. The van der Waals surface area contributed by atoms with Gasteiger partial charge >= 0.3 is 6.03 Å². The van der Waals surface area contributed by atoms with E-state index in [0.717, 1.165) is 32.4 Å². The van der Waals surface area contributed by atoms with Crippen molar-refractivity contribution < 1.29 is 13.6 Å². The van der Waals surface area contributed by atoms with Gasteiger partial charge in [-0.3, -0.25) is 0 Å². The zero-order valence-electron chi connectivity index (χ0n) is 15.1. The van der Waals surface area contributed by atoms with E-state index in [-0.39, 0.29) is 0 Å². The molecule has 0 saturated carbocycles. The van der Waals surface area contributed by atoms with Crippen LogP contribution in [0.25, 0.3) is 10.2 Å². The Hall–Kier alpha value is -2.39. The molecule has 0 atom stereocenters. The normalized spacial score (nSPS) is 14.5. The van der Waals surface area contributed by atoms with Gasteiger partial charge < -0.3 is 15.1 Å². The molecule has 1 aliphatic heterocycles. The number of hydrogen-bond acceptors (Lipinski definition) is 5. The van der Waals surface area contributed by atoms with Gasteiger partial charge in [-0.15, -0.1) is 11.8 Å². The van der Waals surface area contributed by atoms with Gasteiger partial charge in [0.2, 0.25) is 0 Å². The molecule has 1 aliphatic rings. The Bertz CT molecular complexity index is 998. The molecule has 2 amide bonds. The third-order valence-corrected chi connectivity index (χ3v) is 6.47. The summed E-state index contributed by atoms with van der Waals surface area (Å²) in [7, 11) is 0. The maximum absolute atomic E-state index is 13.7. The van der Waals surface area contributed by atoms with Crippen molar-refractivity contribution in [1.29, 1.82) is 0 Å². The topological polar surface area (TPSA) is 48.5 Å². The number of nitrogens with zero attached hydrogens (tertiary/aromatic N) is 3. The Kier molecular flexibility index (Phi) is 5.36. The Morgan fingerprint density at radius 2 is 1.79 bits per heavy atom. The number of aromatic nitrogens is 1. The highest BCUT2D eigenvalue weighted by Crippen LogP contribution is 2.34. The molecule has 1 N–H and O–H groups in total. The van der Waals surface area contributed by atoms with Gasteiger partial charge in [-0.05, 0) is 30.5 Å². The number of rotatable bonds is 3. The standard InChI is InChI=1S/C19H18F2N4OS2/c1-27-14-6-3-7-15-17(14)23-19(28-15)25-10-8-24(9-11-25)18(26)22-16-12(20)4-2-5-13(16)21/h2-7H,8-11H2,1H3,(H,22,26). The Morgan fingerprint density at radius 1 is 1.11 bits per heavy atom. The fraction of sp³-hybridized carbons (Fsp3) is 0.263. The molecule has 2 heterocycles. The lowest BCUT2D eigenvalue weighted by Crippen LogP contribution is -2.50. The zero-order valence-corrected chi connectivity index (χ0v) is 16.7. The summed E-state index contributed by atoms with van der Waals surface area (Å²) in [5, 5.41) is 3.27. The van der Waals surface area contributed by atoms with Crippen LogP contribution in [-0.4, -0.2) is 48.3 Å². The van der Waals surface area contributed by atoms with Crippen molar-refractivity contribution in [3.63, 3.8) is 0 Å². The van der Waals surface area contributed by atoms with E-state index in [2.05, 4.69) is 22.3 Å². The molecule has 1 saturated heterocycles. The van der Waals surface area contributed by atoms with Gasteiger partial charge in [0.25, 0.3) is 0 Å². The molecule has 4 rings (SSSR count). The number of halogens is 2. The van der Waals surface area contributed by atoms with Gasteiger partial charge in [0.05, 0.1) is 10.2 Å². The fourth-order valence-corrected chi connectivity index (χ4v) is 4.79. The second-order valence-electron chi connectivity index (χ2n) is 6.30. The lowest BCUT2D eigenvalue weighted by atomic mass is 10.3.